The van der Waals surface area contributed by atoms with E-state index < -0.39 is 0 Å². The molecule has 0 bridgehead atoms. The molecule has 0 aromatic heterocycles. The van der Waals surface area contributed by atoms with Crippen molar-refractivity contribution in [2.24, 2.45) is 11.1 Å². The Kier molecular flexibility index (Phi) is 4.38. The Morgan fingerprint density at radius 2 is 2.17 bits per heavy atom. The molecule has 1 aromatic carbocycles. The lowest BCUT2D eigenvalue weighted by Gasteiger charge is -2.22. The molecule has 3 nitrogen and oxygen atoms in total. The van der Waals surface area contributed by atoms with E-state index >= 15 is 0 Å². The molecule has 3 heteroatoms. The summed E-state index contributed by atoms with van der Waals surface area (Å²) in [4.78, 5) is 2.50. The molecular weight excluding hydrogens is 224 g/mol. The highest BCUT2D eigenvalue weighted by atomic mass is 16.5. The van der Waals surface area contributed by atoms with E-state index in [9.17, 15) is 0 Å². The fourth-order valence-electron chi connectivity index (χ4n) is 2.67. The van der Waals surface area contributed by atoms with Gasteiger partial charge in [-0.25, -0.2) is 0 Å². The van der Waals surface area contributed by atoms with E-state index in [-0.39, 0.29) is 0 Å². The Labute approximate surface area is 110 Å². The van der Waals surface area contributed by atoms with Gasteiger partial charge in [-0.1, -0.05) is 31.2 Å². The van der Waals surface area contributed by atoms with Crippen LogP contribution in [0.3, 0.4) is 0 Å². The maximum Gasteiger partial charge on any atom is 0.0713 e. The SMILES string of the molecule is COCc1cccc(CN2CCC(C)(CN)C2)c1. The highest BCUT2D eigenvalue weighted by molar-refractivity contribution is 5.23. The number of nitrogens with zero attached hydrogens (tertiary/aromatic N) is 1. The van der Waals surface area contributed by atoms with Gasteiger partial charge in [0.05, 0.1) is 6.61 Å². The molecule has 2 rings (SSSR count). The van der Waals surface area contributed by atoms with Crippen molar-refractivity contribution in [3.8, 4) is 0 Å². The molecule has 1 aromatic rings. The van der Waals surface area contributed by atoms with Gasteiger partial charge >= 0.3 is 0 Å². The van der Waals surface area contributed by atoms with Gasteiger partial charge in [-0.3, -0.25) is 4.90 Å². The van der Waals surface area contributed by atoms with Gasteiger partial charge in [-0.15, -0.1) is 0 Å². The van der Waals surface area contributed by atoms with Crippen LogP contribution in [0.4, 0.5) is 0 Å². The van der Waals surface area contributed by atoms with Crippen molar-refractivity contribution in [2.75, 3.05) is 26.7 Å². The third-order valence-corrected chi connectivity index (χ3v) is 3.84. The first-order valence-electron chi connectivity index (χ1n) is 6.64. The summed E-state index contributed by atoms with van der Waals surface area (Å²) in [5.41, 5.74) is 8.77. The predicted octanol–water partition coefficient (Wildman–Crippen LogP) is 2.00. The van der Waals surface area contributed by atoms with Crippen molar-refractivity contribution in [1.29, 1.82) is 0 Å². The first kappa shape index (κ1) is 13.5. The molecule has 0 aliphatic carbocycles. The van der Waals surface area contributed by atoms with Crippen LogP contribution in [0.1, 0.15) is 24.5 Å². The van der Waals surface area contributed by atoms with Crippen LogP contribution in [-0.2, 0) is 17.9 Å². The van der Waals surface area contributed by atoms with E-state index in [2.05, 4.69) is 36.1 Å². The minimum atomic E-state index is 0.310. The average molecular weight is 248 g/mol. The molecule has 0 saturated carbocycles. The largest absolute Gasteiger partial charge is 0.380 e. The predicted molar refractivity (Wildman–Crippen MR) is 74.2 cm³/mol. The third-order valence-electron chi connectivity index (χ3n) is 3.84. The van der Waals surface area contributed by atoms with E-state index in [0.717, 1.165) is 26.2 Å². The monoisotopic (exact) mass is 248 g/mol. The van der Waals surface area contributed by atoms with Crippen LogP contribution >= 0.6 is 0 Å². The highest BCUT2D eigenvalue weighted by Crippen LogP contribution is 2.29. The van der Waals surface area contributed by atoms with Crippen molar-refractivity contribution in [2.45, 2.75) is 26.5 Å². The van der Waals surface area contributed by atoms with Gasteiger partial charge in [-0.05, 0) is 36.1 Å². The number of hydrogen-bond acceptors (Lipinski definition) is 3. The van der Waals surface area contributed by atoms with Crippen molar-refractivity contribution in [3.05, 3.63) is 35.4 Å². The lowest BCUT2D eigenvalue weighted by atomic mass is 9.90. The van der Waals surface area contributed by atoms with E-state index in [0.29, 0.717) is 12.0 Å². The zero-order chi connectivity index (χ0) is 13.0. The first-order chi connectivity index (χ1) is 8.65. The molecule has 1 atom stereocenters. The molecule has 0 spiro atoms. The Morgan fingerprint density at radius 1 is 1.39 bits per heavy atom. The molecule has 1 aliphatic heterocycles. The number of ether oxygens (including phenoxy) is 1. The van der Waals surface area contributed by atoms with Crippen LogP contribution in [0.15, 0.2) is 24.3 Å². The van der Waals surface area contributed by atoms with Crippen LogP contribution in [0.2, 0.25) is 0 Å². The van der Waals surface area contributed by atoms with E-state index in [4.69, 9.17) is 10.5 Å². The van der Waals surface area contributed by atoms with Gasteiger partial charge < -0.3 is 10.5 Å². The maximum atomic E-state index is 5.84. The number of hydrogen-bond donors (Lipinski definition) is 1. The third kappa shape index (κ3) is 3.31. The fourth-order valence-corrected chi connectivity index (χ4v) is 2.67. The second-order valence-corrected chi connectivity index (χ2v) is 5.73. The van der Waals surface area contributed by atoms with Crippen molar-refractivity contribution < 1.29 is 4.74 Å². The normalized spacial score (nSPS) is 24.6. The average Bonchev–Trinajstić information content (AvgIpc) is 2.73. The summed E-state index contributed by atoms with van der Waals surface area (Å²) in [6, 6.07) is 8.65. The molecule has 0 radical (unpaired) electrons. The summed E-state index contributed by atoms with van der Waals surface area (Å²) in [7, 11) is 1.74. The summed E-state index contributed by atoms with van der Waals surface area (Å²) >= 11 is 0. The number of benzene rings is 1. The number of likely N-dealkylation sites (tertiary alicyclic amines) is 1. The standard InChI is InChI=1S/C15H24N2O/c1-15(11-16)6-7-17(12-15)9-13-4-3-5-14(8-13)10-18-2/h3-5,8H,6-7,9-12,16H2,1-2H3. The molecule has 1 heterocycles. The zero-order valence-electron chi connectivity index (χ0n) is 11.5. The fraction of sp³-hybridized carbons (Fsp3) is 0.600. The Balaban J connectivity index is 1.96. The molecule has 100 valence electrons. The molecule has 2 N–H and O–H groups in total. The van der Waals surface area contributed by atoms with Crippen molar-refractivity contribution in [3.63, 3.8) is 0 Å². The summed E-state index contributed by atoms with van der Waals surface area (Å²) in [6.45, 7) is 7.04. The molecule has 1 aliphatic rings. The lowest BCUT2D eigenvalue weighted by Crippen LogP contribution is -2.31. The topological polar surface area (TPSA) is 38.5 Å². The van der Waals surface area contributed by atoms with E-state index in [1.165, 1.54) is 17.5 Å². The minimum Gasteiger partial charge on any atom is -0.380 e. The molecular formula is C15H24N2O. The van der Waals surface area contributed by atoms with Gasteiger partial charge in [0.1, 0.15) is 0 Å². The second-order valence-electron chi connectivity index (χ2n) is 5.73. The lowest BCUT2D eigenvalue weighted by molar-refractivity contribution is 0.184. The maximum absolute atomic E-state index is 5.84. The van der Waals surface area contributed by atoms with Crippen LogP contribution in [0.25, 0.3) is 0 Å². The van der Waals surface area contributed by atoms with Crippen LogP contribution in [0, 0.1) is 5.41 Å². The van der Waals surface area contributed by atoms with Gasteiger partial charge in [-0.2, -0.15) is 0 Å². The van der Waals surface area contributed by atoms with Crippen molar-refractivity contribution in [1.82, 2.24) is 4.90 Å². The molecule has 1 fully saturated rings. The smallest absolute Gasteiger partial charge is 0.0713 e. The van der Waals surface area contributed by atoms with Crippen LogP contribution in [0.5, 0.6) is 0 Å². The molecule has 1 saturated heterocycles. The van der Waals surface area contributed by atoms with Gasteiger partial charge in [0.2, 0.25) is 0 Å². The van der Waals surface area contributed by atoms with Gasteiger partial charge in [0.15, 0.2) is 0 Å². The number of methoxy groups -OCH3 is 1. The zero-order valence-corrected chi connectivity index (χ0v) is 11.5. The minimum absolute atomic E-state index is 0.310. The summed E-state index contributed by atoms with van der Waals surface area (Å²) in [5, 5.41) is 0. The molecule has 18 heavy (non-hydrogen) atoms. The van der Waals surface area contributed by atoms with E-state index in [1.807, 2.05) is 0 Å². The quantitative estimate of drug-likeness (QED) is 0.866. The van der Waals surface area contributed by atoms with Crippen LogP contribution in [-0.4, -0.2) is 31.6 Å². The summed E-state index contributed by atoms with van der Waals surface area (Å²) in [6.07, 6.45) is 1.21. The van der Waals surface area contributed by atoms with Crippen LogP contribution < -0.4 is 5.73 Å². The Hall–Kier alpha value is -0.900. The Bertz CT molecular complexity index is 394. The summed E-state index contributed by atoms with van der Waals surface area (Å²) < 4.78 is 5.17. The Morgan fingerprint density at radius 3 is 2.83 bits per heavy atom. The molecule has 0 amide bonds. The first-order valence-corrected chi connectivity index (χ1v) is 6.64. The van der Waals surface area contributed by atoms with Gasteiger partial charge in [0.25, 0.3) is 0 Å². The number of nitrogens with two attached hydrogens (primary N) is 1. The molecule has 1 unspecified atom stereocenters. The summed E-state index contributed by atoms with van der Waals surface area (Å²) in [5.74, 6) is 0. The number of rotatable bonds is 5. The van der Waals surface area contributed by atoms with E-state index in [1.54, 1.807) is 7.11 Å². The highest BCUT2D eigenvalue weighted by Gasteiger charge is 2.32. The van der Waals surface area contributed by atoms with Gasteiger partial charge in [0, 0.05) is 20.2 Å². The second kappa shape index (κ2) is 5.83. The van der Waals surface area contributed by atoms with Crippen molar-refractivity contribution >= 4 is 0 Å².